The lowest BCUT2D eigenvalue weighted by Gasteiger charge is -2.08. The lowest BCUT2D eigenvalue weighted by atomic mass is 9.98. The normalized spacial score (nSPS) is 14.0. The number of carbonyl (C=O) groups excluding carboxylic acids is 1. The second-order valence-corrected chi connectivity index (χ2v) is 6.58. The summed E-state index contributed by atoms with van der Waals surface area (Å²) in [4.78, 5) is 11.2. The summed E-state index contributed by atoms with van der Waals surface area (Å²) in [6, 6.07) is 5.88. The van der Waals surface area contributed by atoms with Gasteiger partial charge in [-0.3, -0.25) is 9.36 Å². The first-order valence-electron chi connectivity index (χ1n) is 8.33. The Morgan fingerprint density at radius 1 is 1.28 bits per heavy atom. The van der Waals surface area contributed by atoms with Crippen LogP contribution in [0.15, 0.2) is 28.8 Å². The Morgan fingerprint density at radius 2 is 2.08 bits per heavy atom. The van der Waals surface area contributed by atoms with Gasteiger partial charge in [-0.2, -0.15) is 0 Å². The molecule has 0 spiro atoms. The standard InChI is InChI=1S/C19H19N3O3/c1-11-8-22(19-21-20-18(25-19)15-3-4-15)12(2)17(11)16-6-13(9-23)5-14(7-16)10-24/h5-9,15,24H,3-4,10H2,1-2H3. The van der Waals surface area contributed by atoms with Crippen LogP contribution in [0.4, 0.5) is 0 Å². The van der Waals surface area contributed by atoms with Crippen molar-refractivity contribution in [3.63, 3.8) is 0 Å². The average molecular weight is 337 g/mol. The van der Waals surface area contributed by atoms with E-state index in [0.29, 0.717) is 29.0 Å². The van der Waals surface area contributed by atoms with Crippen LogP contribution in [0.3, 0.4) is 0 Å². The molecule has 0 radical (unpaired) electrons. The molecule has 2 aromatic heterocycles. The van der Waals surface area contributed by atoms with Gasteiger partial charge in [-0.25, -0.2) is 0 Å². The maximum Gasteiger partial charge on any atom is 0.326 e. The zero-order valence-corrected chi connectivity index (χ0v) is 14.2. The molecule has 128 valence electrons. The van der Waals surface area contributed by atoms with Gasteiger partial charge in [-0.05, 0) is 61.6 Å². The number of benzene rings is 1. The third kappa shape index (κ3) is 2.78. The summed E-state index contributed by atoms with van der Waals surface area (Å²) in [5.74, 6) is 1.11. The fourth-order valence-electron chi connectivity index (χ4n) is 3.24. The summed E-state index contributed by atoms with van der Waals surface area (Å²) >= 11 is 0. The minimum absolute atomic E-state index is 0.109. The quantitative estimate of drug-likeness (QED) is 0.722. The number of hydrogen-bond donors (Lipinski definition) is 1. The van der Waals surface area contributed by atoms with Crippen LogP contribution in [-0.4, -0.2) is 26.2 Å². The second kappa shape index (κ2) is 5.97. The maximum absolute atomic E-state index is 11.2. The number of aldehydes is 1. The van der Waals surface area contributed by atoms with Crippen LogP contribution in [0, 0.1) is 13.8 Å². The summed E-state index contributed by atoms with van der Waals surface area (Å²) in [6.07, 6.45) is 4.98. The Morgan fingerprint density at radius 3 is 2.76 bits per heavy atom. The maximum atomic E-state index is 11.2. The molecule has 25 heavy (non-hydrogen) atoms. The van der Waals surface area contributed by atoms with Gasteiger partial charge in [-0.15, -0.1) is 5.10 Å². The van der Waals surface area contributed by atoms with E-state index in [-0.39, 0.29) is 6.61 Å². The van der Waals surface area contributed by atoms with Crippen LogP contribution in [0.25, 0.3) is 17.1 Å². The fourth-order valence-corrected chi connectivity index (χ4v) is 3.24. The van der Waals surface area contributed by atoms with Crippen molar-refractivity contribution in [1.29, 1.82) is 0 Å². The van der Waals surface area contributed by atoms with E-state index in [1.165, 1.54) is 0 Å². The van der Waals surface area contributed by atoms with Gasteiger partial charge < -0.3 is 9.52 Å². The van der Waals surface area contributed by atoms with Crippen LogP contribution >= 0.6 is 0 Å². The first kappa shape index (κ1) is 15.8. The second-order valence-electron chi connectivity index (χ2n) is 6.58. The third-order valence-corrected chi connectivity index (χ3v) is 4.63. The van der Waals surface area contributed by atoms with Gasteiger partial charge in [0.1, 0.15) is 6.29 Å². The number of nitrogens with zero attached hydrogens (tertiary/aromatic N) is 3. The van der Waals surface area contributed by atoms with Crippen molar-refractivity contribution in [3.8, 4) is 17.1 Å². The van der Waals surface area contributed by atoms with E-state index >= 15 is 0 Å². The zero-order chi connectivity index (χ0) is 17.6. The van der Waals surface area contributed by atoms with Crippen LogP contribution in [0.1, 0.15) is 51.8 Å². The lowest BCUT2D eigenvalue weighted by Crippen LogP contribution is -1.96. The van der Waals surface area contributed by atoms with Crippen molar-refractivity contribution >= 4 is 6.29 Å². The Balaban J connectivity index is 1.80. The number of hydrogen-bond acceptors (Lipinski definition) is 5. The summed E-state index contributed by atoms with van der Waals surface area (Å²) in [7, 11) is 0. The average Bonchev–Trinajstić information content (AvgIpc) is 3.28. The molecule has 0 atom stereocenters. The number of aliphatic hydroxyl groups is 1. The SMILES string of the molecule is Cc1cn(-c2nnc(C3CC3)o2)c(C)c1-c1cc(C=O)cc(CO)c1. The largest absolute Gasteiger partial charge is 0.407 e. The molecule has 6 nitrogen and oxygen atoms in total. The van der Waals surface area contributed by atoms with E-state index in [9.17, 15) is 9.90 Å². The molecule has 4 rings (SSSR count). The highest BCUT2D eigenvalue weighted by atomic mass is 16.4. The molecule has 0 bridgehead atoms. The van der Waals surface area contributed by atoms with E-state index in [1.54, 1.807) is 6.07 Å². The zero-order valence-electron chi connectivity index (χ0n) is 14.2. The molecule has 1 aliphatic rings. The van der Waals surface area contributed by atoms with E-state index in [0.717, 1.165) is 41.5 Å². The predicted octanol–water partition coefficient (Wildman–Crippen LogP) is 3.33. The number of aromatic nitrogens is 3. The van der Waals surface area contributed by atoms with Gasteiger partial charge in [0, 0.05) is 28.9 Å². The summed E-state index contributed by atoms with van der Waals surface area (Å²) in [6.45, 7) is 3.88. The predicted molar refractivity (Wildman–Crippen MR) is 91.8 cm³/mol. The van der Waals surface area contributed by atoms with E-state index < -0.39 is 0 Å². The molecule has 1 aliphatic carbocycles. The minimum atomic E-state index is -0.109. The minimum Gasteiger partial charge on any atom is -0.407 e. The van der Waals surface area contributed by atoms with Crippen LogP contribution in [0.5, 0.6) is 0 Å². The smallest absolute Gasteiger partial charge is 0.326 e. The van der Waals surface area contributed by atoms with Crippen LogP contribution in [-0.2, 0) is 6.61 Å². The van der Waals surface area contributed by atoms with Crippen molar-refractivity contribution in [2.75, 3.05) is 0 Å². The van der Waals surface area contributed by atoms with Crippen molar-refractivity contribution in [2.24, 2.45) is 0 Å². The van der Waals surface area contributed by atoms with Crippen molar-refractivity contribution in [1.82, 2.24) is 14.8 Å². The van der Waals surface area contributed by atoms with Gasteiger partial charge in [0.05, 0.1) is 6.61 Å². The summed E-state index contributed by atoms with van der Waals surface area (Å²) < 4.78 is 7.70. The summed E-state index contributed by atoms with van der Waals surface area (Å²) in [5, 5.41) is 17.8. The molecular weight excluding hydrogens is 318 g/mol. The van der Waals surface area contributed by atoms with Crippen LogP contribution in [0.2, 0.25) is 0 Å². The van der Waals surface area contributed by atoms with E-state index in [4.69, 9.17) is 4.42 Å². The molecule has 0 amide bonds. The summed E-state index contributed by atoms with van der Waals surface area (Å²) in [5.41, 5.74) is 5.14. The molecule has 1 N–H and O–H groups in total. The third-order valence-electron chi connectivity index (χ3n) is 4.63. The first-order valence-corrected chi connectivity index (χ1v) is 8.33. The molecule has 1 aromatic carbocycles. The monoisotopic (exact) mass is 337 g/mol. The number of carbonyl (C=O) groups is 1. The van der Waals surface area contributed by atoms with Crippen molar-refractivity contribution < 1.29 is 14.3 Å². The highest BCUT2D eigenvalue weighted by Crippen LogP contribution is 2.40. The van der Waals surface area contributed by atoms with E-state index in [1.807, 2.05) is 36.7 Å². The molecule has 1 fully saturated rings. The molecular formula is C19H19N3O3. The fraction of sp³-hybridized carbons (Fsp3) is 0.316. The Kier molecular flexibility index (Phi) is 3.77. The Hall–Kier alpha value is -2.73. The molecule has 6 heteroatoms. The number of aryl methyl sites for hydroxylation is 1. The first-order chi connectivity index (χ1) is 12.1. The van der Waals surface area contributed by atoms with Gasteiger partial charge >= 0.3 is 6.01 Å². The highest BCUT2D eigenvalue weighted by molar-refractivity contribution is 5.81. The van der Waals surface area contributed by atoms with Crippen molar-refractivity contribution in [2.45, 2.75) is 39.2 Å². The molecule has 2 heterocycles. The molecule has 0 unspecified atom stereocenters. The Labute approximate surface area is 145 Å². The number of rotatable bonds is 5. The van der Waals surface area contributed by atoms with Gasteiger partial charge in [0.2, 0.25) is 5.89 Å². The van der Waals surface area contributed by atoms with Gasteiger partial charge in [0.25, 0.3) is 0 Å². The topological polar surface area (TPSA) is 81.2 Å². The molecule has 3 aromatic rings. The Bertz CT molecular complexity index is 951. The molecule has 0 saturated heterocycles. The van der Waals surface area contributed by atoms with Crippen molar-refractivity contribution in [3.05, 3.63) is 52.7 Å². The number of aliphatic hydroxyl groups excluding tert-OH is 1. The van der Waals surface area contributed by atoms with Gasteiger partial charge in [-0.1, -0.05) is 5.10 Å². The lowest BCUT2D eigenvalue weighted by molar-refractivity contribution is 0.112. The van der Waals surface area contributed by atoms with Gasteiger partial charge in [0.15, 0.2) is 0 Å². The van der Waals surface area contributed by atoms with Crippen LogP contribution < -0.4 is 0 Å². The molecule has 0 aliphatic heterocycles. The van der Waals surface area contributed by atoms with E-state index in [2.05, 4.69) is 10.2 Å². The molecule has 1 saturated carbocycles. The highest BCUT2D eigenvalue weighted by Gasteiger charge is 2.30.